The summed E-state index contributed by atoms with van der Waals surface area (Å²) >= 11 is 0. The molecular formula is C24H22O6. The lowest BCUT2D eigenvalue weighted by Gasteiger charge is -2.17. The zero-order chi connectivity index (χ0) is 21.7. The van der Waals surface area contributed by atoms with E-state index >= 15 is 0 Å². The average molecular weight is 406 g/mol. The number of ether oxygens (including phenoxy) is 3. The molecule has 154 valence electrons. The number of rotatable bonds is 8. The first-order valence-corrected chi connectivity index (χ1v) is 9.26. The summed E-state index contributed by atoms with van der Waals surface area (Å²) in [6.07, 6.45) is 0. The normalized spacial score (nSPS) is 10.4. The monoisotopic (exact) mass is 406 g/mol. The second-order valence-electron chi connectivity index (χ2n) is 6.60. The highest BCUT2D eigenvalue weighted by Crippen LogP contribution is 2.41. The van der Waals surface area contributed by atoms with Crippen LogP contribution in [0.25, 0.3) is 11.1 Å². The van der Waals surface area contributed by atoms with Crippen LogP contribution in [-0.4, -0.2) is 31.1 Å². The molecule has 0 aliphatic heterocycles. The Morgan fingerprint density at radius 1 is 0.833 bits per heavy atom. The Labute approximate surface area is 174 Å². The summed E-state index contributed by atoms with van der Waals surface area (Å²) in [5.41, 5.74) is 2.26. The number of carbonyl (C=O) groups is 2. The van der Waals surface area contributed by atoms with Crippen molar-refractivity contribution >= 4 is 11.8 Å². The van der Waals surface area contributed by atoms with Crippen molar-refractivity contribution in [1.82, 2.24) is 0 Å². The third-order valence-corrected chi connectivity index (χ3v) is 4.67. The number of carboxylic acids is 1. The number of methoxy groups -OCH3 is 2. The Hall–Kier alpha value is -3.80. The van der Waals surface area contributed by atoms with Crippen LogP contribution < -0.4 is 14.2 Å². The molecule has 0 radical (unpaired) electrons. The van der Waals surface area contributed by atoms with Crippen LogP contribution in [0.5, 0.6) is 17.2 Å². The lowest BCUT2D eigenvalue weighted by molar-refractivity contribution is 0.0697. The molecule has 3 aromatic rings. The fourth-order valence-electron chi connectivity index (χ4n) is 3.10. The van der Waals surface area contributed by atoms with E-state index in [-0.39, 0.29) is 11.3 Å². The third-order valence-electron chi connectivity index (χ3n) is 4.67. The summed E-state index contributed by atoms with van der Waals surface area (Å²) in [6.45, 7) is 1.73. The van der Waals surface area contributed by atoms with Crippen LogP contribution in [0, 0.1) is 0 Å². The molecule has 0 saturated heterocycles. The van der Waals surface area contributed by atoms with E-state index in [4.69, 9.17) is 14.2 Å². The Morgan fingerprint density at radius 3 is 2.13 bits per heavy atom. The highest BCUT2D eigenvalue weighted by Gasteiger charge is 2.20. The van der Waals surface area contributed by atoms with E-state index in [0.717, 1.165) is 5.56 Å². The van der Waals surface area contributed by atoms with Crippen LogP contribution in [-0.2, 0) is 6.61 Å². The van der Waals surface area contributed by atoms with Gasteiger partial charge in [-0.2, -0.15) is 0 Å². The summed E-state index contributed by atoms with van der Waals surface area (Å²) in [5, 5.41) is 9.68. The Morgan fingerprint density at radius 2 is 1.53 bits per heavy atom. The van der Waals surface area contributed by atoms with Gasteiger partial charge in [-0.15, -0.1) is 0 Å². The molecule has 6 heteroatoms. The van der Waals surface area contributed by atoms with E-state index in [0.29, 0.717) is 40.5 Å². The zero-order valence-electron chi connectivity index (χ0n) is 17.0. The molecule has 0 unspecified atom stereocenters. The van der Waals surface area contributed by atoms with Crippen molar-refractivity contribution in [2.75, 3.05) is 14.2 Å². The van der Waals surface area contributed by atoms with Gasteiger partial charge in [0.2, 0.25) is 0 Å². The fourth-order valence-corrected chi connectivity index (χ4v) is 3.10. The van der Waals surface area contributed by atoms with Gasteiger partial charge in [0, 0.05) is 22.8 Å². The van der Waals surface area contributed by atoms with Crippen LogP contribution in [0.15, 0.2) is 60.7 Å². The molecule has 1 N–H and O–H groups in total. The fraction of sp³-hybridized carbons (Fsp3) is 0.167. The third kappa shape index (κ3) is 4.43. The van der Waals surface area contributed by atoms with Gasteiger partial charge in [0.15, 0.2) is 17.3 Å². The van der Waals surface area contributed by atoms with E-state index in [2.05, 4.69) is 0 Å². The van der Waals surface area contributed by atoms with Crippen molar-refractivity contribution < 1.29 is 28.9 Å². The summed E-state index contributed by atoms with van der Waals surface area (Å²) in [7, 11) is 3.01. The van der Waals surface area contributed by atoms with Gasteiger partial charge >= 0.3 is 5.97 Å². The van der Waals surface area contributed by atoms with Gasteiger partial charge in [-0.05, 0) is 24.6 Å². The average Bonchev–Trinajstić information content (AvgIpc) is 2.77. The number of hydrogen-bond donors (Lipinski definition) is 1. The van der Waals surface area contributed by atoms with Crippen LogP contribution in [0.3, 0.4) is 0 Å². The van der Waals surface area contributed by atoms with Gasteiger partial charge in [0.05, 0.1) is 19.8 Å². The van der Waals surface area contributed by atoms with Gasteiger partial charge < -0.3 is 19.3 Å². The number of aromatic carboxylic acids is 1. The molecule has 0 saturated carbocycles. The molecule has 0 aliphatic carbocycles. The van der Waals surface area contributed by atoms with E-state index in [1.807, 2.05) is 30.3 Å². The van der Waals surface area contributed by atoms with Crippen molar-refractivity contribution in [1.29, 1.82) is 0 Å². The van der Waals surface area contributed by atoms with E-state index in [1.54, 1.807) is 24.3 Å². The summed E-state index contributed by atoms with van der Waals surface area (Å²) in [6, 6.07) is 17.6. The Kier molecular flexibility index (Phi) is 6.37. The highest BCUT2D eigenvalue weighted by molar-refractivity contribution is 6.02. The molecule has 0 spiro atoms. The summed E-state index contributed by atoms with van der Waals surface area (Å²) < 4.78 is 16.9. The first-order chi connectivity index (χ1) is 14.4. The molecule has 0 bridgehead atoms. The van der Waals surface area contributed by atoms with Gasteiger partial charge in [0.1, 0.15) is 12.4 Å². The lowest BCUT2D eigenvalue weighted by Crippen LogP contribution is -2.04. The number of carbonyl (C=O) groups excluding carboxylic acids is 1. The number of carboxylic acid groups (broad SMARTS) is 1. The Balaban J connectivity index is 2.06. The number of benzene rings is 3. The largest absolute Gasteiger partial charge is 0.496 e. The Bertz CT molecular complexity index is 1070. The van der Waals surface area contributed by atoms with Crippen molar-refractivity contribution in [2.45, 2.75) is 13.5 Å². The van der Waals surface area contributed by atoms with Crippen molar-refractivity contribution in [3.8, 4) is 28.4 Å². The smallest absolute Gasteiger partial charge is 0.336 e. The lowest BCUT2D eigenvalue weighted by atomic mass is 9.95. The highest BCUT2D eigenvalue weighted by atomic mass is 16.5. The predicted octanol–water partition coefficient (Wildman–Crippen LogP) is 4.85. The van der Waals surface area contributed by atoms with E-state index in [1.165, 1.54) is 27.2 Å². The maximum atomic E-state index is 11.8. The zero-order valence-corrected chi connectivity index (χ0v) is 17.0. The molecule has 0 amide bonds. The van der Waals surface area contributed by atoms with Crippen molar-refractivity contribution in [3.63, 3.8) is 0 Å². The van der Waals surface area contributed by atoms with Gasteiger partial charge in [-0.25, -0.2) is 4.79 Å². The molecule has 3 aromatic carbocycles. The van der Waals surface area contributed by atoms with Gasteiger partial charge in [0.25, 0.3) is 0 Å². The second kappa shape index (κ2) is 9.13. The SMILES string of the molecule is COc1cc(-c2ccc(C(C)=O)cc2C(=O)O)c(OC)cc1OCc1ccccc1. The number of ketones is 1. The number of Topliss-reactive ketones (excluding diaryl/α,β-unsaturated/α-hetero) is 1. The van der Waals surface area contributed by atoms with Gasteiger partial charge in [-0.1, -0.05) is 42.5 Å². The summed E-state index contributed by atoms with van der Waals surface area (Å²) in [5.74, 6) is -0.0124. The molecule has 0 aliphatic rings. The summed E-state index contributed by atoms with van der Waals surface area (Å²) in [4.78, 5) is 23.5. The van der Waals surface area contributed by atoms with E-state index < -0.39 is 5.97 Å². The first-order valence-electron chi connectivity index (χ1n) is 9.26. The molecule has 0 atom stereocenters. The standard InChI is InChI=1S/C24H22O6/c1-15(25)17-9-10-18(20(11-17)24(26)27)19-12-22(29-3)23(13-21(19)28-2)30-14-16-7-5-4-6-8-16/h4-13H,14H2,1-3H3,(H,26,27). The van der Waals surface area contributed by atoms with Crippen LogP contribution in [0.1, 0.15) is 33.2 Å². The van der Waals surface area contributed by atoms with Gasteiger partial charge in [-0.3, -0.25) is 4.79 Å². The van der Waals surface area contributed by atoms with E-state index in [9.17, 15) is 14.7 Å². The van der Waals surface area contributed by atoms with Crippen LogP contribution in [0.2, 0.25) is 0 Å². The quantitative estimate of drug-likeness (QED) is 0.539. The van der Waals surface area contributed by atoms with Crippen LogP contribution >= 0.6 is 0 Å². The maximum Gasteiger partial charge on any atom is 0.336 e. The molecule has 6 nitrogen and oxygen atoms in total. The van der Waals surface area contributed by atoms with Crippen LogP contribution in [0.4, 0.5) is 0 Å². The number of hydrogen-bond acceptors (Lipinski definition) is 5. The minimum absolute atomic E-state index is 0.000932. The second-order valence-corrected chi connectivity index (χ2v) is 6.60. The molecule has 0 heterocycles. The predicted molar refractivity (Wildman–Crippen MR) is 113 cm³/mol. The molecule has 3 rings (SSSR count). The first kappa shape index (κ1) is 20.9. The molecular weight excluding hydrogens is 384 g/mol. The van der Waals surface area contributed by atoms with Crippen molar-refractivity contribution in [3.05, 3.63) is 77.4 Å². The molecule has 0 fully saturated rings. The molecule has 0 aromatic heterocycles. The molecule has 30 heavy (non-hydrogen) atoms. The van der Waals surface area contributed by atoms with Crippen molar-refractivity contribution in [2.24, 2.45) is 0 Å². The minimum atomic E-state index is -1.14. The minimum Gasteiger partial charge on any atom is -0.496 e. The topological polar surface area (TPSA) is 82.1 Å². The maximum absolute atomic E-state index is 11.8.